The zero-order chi connectivity index (χ0) is 10.1. The van der Waals surface area contributed by atoms with Gasteiger partial charge < -0.3 is 10.6 Å². The van der Waals surface area contributed by atoms with E-state index in [9.17, 15) is 4.79 Å². The van der Waals surface area contributed by atoms with Crippen molar-refractivity contribution in [3.05, 3.63) is 22.8 Å². The van der Waals surface area contributed by atoms with Gasteiger partial charge in [0.2, 0.25) is 0 Å². The molecule has 0 radical (unpaired) electrons. The van der Waals surface area contributed by atoms with Gasteiger partial charge in [0.1, 0.15) is 0 Å². The first kappa shape index (κ1) is 9.80. The van der Waals surface area contributed by atoms with E-state index in [2.05, 4.69) is 11.9 Å². The fourth-order valence-electron chi connectivity index (χ4n) is 1.77. The third kappa shape index (κ3) is 1.60. The van der Waals surface area contributed by atoms with Gasteiger partial charge in [0, 0.05) is 24.1 Å². The third-order valence-electron chi connectivity index (χ3n) is 2.53. The Bertz CT molecular complexity index is 322. The van der Waals surface area contributed by atoms with E-state index in [0.717, 1.165) is 11.3 Å². The number of nitrogens with zero attached hydrogens (tertiary/aromatic N) is 1. The number of thioether (sulfide) groups is 1. The van der Waals surface area contributed by atoms with Crippen LogP contribution < -0.4 is 5.73 Å². The van der Waals surface area contributed by atoms with Crippen LogP contribution in [0.1, 0.15) is 12.8 Å². The maximum Gasteiger partial charge on any atom is 0.160 e. The van der Waals surface area contributed by atoms with E-state index >= 15 is 0 Å². The molecular formula is C10H14N2OS. The second-order valence-electron chi connectivity index (χ2n) is 3.53. The highest BCUT2D eigenvalue weighted by atomic mass is 32.2. The number of allylic oxidation sites excluding steroid dienone is 2. The van der Waals surface area contributed by atoms with Crippen molar-refractivity contribution in [2.24, 2.45) is 5.73 Å². The summed E-state index contributed by atoms with van der Waals surface area (Å²) < 4.78 is 0. The molecule has 0 amide bonds. The molecule has 2 N–H and O–H groups in total. The molecule has 1 aliphatic heterocycles. The van der Waals surface area contributed by atoms with Gasteiger partial charge in [-0.1, -0.05) is 17.8 Å². The number of fused-ring (bicyclic) bond motifs is 1. The van der Waals surface area contributed by atoms with E-state index in [4.69, 9.17) is 5.73 Å². The van der Waals surface area contributed by atoms with Crippen molar-refractivity contribution in [3.8, 4) is 0 Å². The molecule has 0 spiro atoms. The summed E-state index contributed by atoms with van der Waals surface area (Å²) in [7, 11) is 2.07. The summed E-state index contributed by atoms with van der Waals surface area (Å²) in [5, 5.41) is 0.406. The Hall–Kier alpha value is -0.740. The van der Waals surface area contributed by atoms with Gasteiger partial charge in [-0.05, 0) is 19.0 Å². The lowest BCUT2D eigenvalue weighted by molar-refractivity contribution is -0.113. The summed E-state index contributed by atoms with van der Waals surface area (Å²) in [6.07, 6.45) is 5.28. The van der Waals surface area contributed by atoms with E-state index < -0.39 is 0 Å². The smallest absolute Gasteiger partial charge is 0.160 e. The highest BCUT2D eigenvalue weighted by molar-refractivity contribution is 8.04. The van der Waals surface area contributed by atoms with Gasteiger partial charge in [0.15, 0.2) is 5.78 Å². The molecule has 0 aromatic rings. The number of hydrogen-bond donors (Lipinski definition) is 1. The molecule has 2 rings (SSSR count). The number of nitrogens with two attached hydrogens (primary N) is 1. The zero-order valence-electron chi connectivity index (χ0n) is 8.19. The molecule has 0 saturated carbocycles. The summed E-state index contributed by atoms with van der Waals surface area (Å²) in [4.78, 5) is 14.5. The van der Waals surface area contributed by atoms with Crippen LogP contribution in [0.2, 0.25) is 0 Å². The van der Waals surface area contributed by atoms with Crippen LogP contribution in [0.4, 0.5) is 0 Å². The summed E-state index contributed by atoms with van der Waals surface area (Å²) in [5.41, 5.74) is 6.74. The number of hydrogen-bond acceptors (Lipinski definition) is 4. The predicted octanol–water partition coefficient (Wildman–Crippen LogP) is 1.08. The molecule has 0 aromatic heterocycles. The molecule has 1 fully saturated rings. The summed E-state index contributed by atoms with van der Waals surface area (Å²) >= 11 is 1.75. The summed E-state index contributed by atoms with van der Waals surface area (Å²) in [6.45, 7) is 0.691. The first-order valence-electron chi connectivity index (χ1n) is 4.77. The lowest BCUT2D eigenvalue weighted by Gasteiger charge is -2.21. The molecule has 0 bridgehead atoms. The number of carbonyl (C=O) groups is 1. The molecule has 0 aromatic carbocycles. The molecule has 2 aliphatic rings. The molecule has 1 atom stereocenters. The fraction of sp³-hybridized carbons (Fsp3) is 0.500. The van der Waals surface area contributed by atoms with E-state index in [1.165, 1.54) is 5.70 Å². The average molecular weight is 210 g/mol. The topological polar surface area (TPSA) is 46.3 Å². The molecule has 14 heavy (non-hydrogen) atoms. The van der Waals surface area contributed by atoms with Crippen molar-refractivity contribution < 1.29 is 4.79 Å². The van der Waals surface area contributed by atoms with Gasteiger partial charge in [-0.3, -0.25) is 4.79 Å². The SMILES string of the molecule is CN1C2=CCC(=O)C=C2SC1CCN. The van der Waals surface area contributed by atoms with Crippen molar-refractivity contribution in [2.75, 3.05) is 13.6 Å². The normalized spacial score (nSPS) is 26.0. The predicted molar refractivity (Wildman–Crippen MR) is 58.6 cm³/mol. The van der Waals surface area contributed by atoms with Crippen molar-refractivity contribution in [1.29, 1.82) is 0 Å². The van der Waals surface area contributed by atoms with E-state index in [-0.39, 0.29) is 5.78 Å². The molecule has 3 nitrogen and oxygen atoms in total. The first-order chi connectivity index (χ1) is 6.72. The number of carbonyl (C=O) groups excluding carboxylic acids is 1. The Morgan fingerprint density at radius 2 is 2.50 bits per heavy atom. The Kier molecular flexibility index (Phi) is 2.65. The van der Waals surface area contributed by atoms with E-state index in [0.29, 0.717) is 18.3 Å². The van der Waals surface area contributed by atoms with Crippen LogP contribution in [-0.4, -0.2) is 29.6 Å². The van der Waals surface area contributed by atoms with Crippen molar-refractivity contribution >= 4 is 17.5 Å². The van der Waals surface area contributed by atoms with Crippen LogP contribution in [0.25, 0.3) is 0 Å². The van der Waals surface area contributed by atoms with Crippen molar-refractivity contribution in [2.45, 2.75) is 18.2 Å². The van der Waals surface area contributed by atoms with Crippen LogP contribution in [0.5, 0.6) is 0 Å². The highest BCUT2D eigenvalue weighted by Crippen LogP contribution is 2.43. The Labute approximate surface area is 88.0 Å². The van der Waals surface area contributed by atoms with Crippen molar-refractivity contribution in [1.82, 2.24) is 4.90 Å². The lowest BCUT2D eigenvalue weighted by atomic mass is 10.1. The van der Waals surface area contributed by atoms with E-state index in [1.54, 1.807) is 17.8 Å². The largest absolute Gasteiger partial charge is 0.362 e. The van der Waals surface area contributed by atoms with Crippen LogP contribution in [0.3, 0.4) is 0 Å². The minimum atomic E-state index is 0.207. The Morgan fingerprint density at radius 1 is 1.71 bits per heavy atom. The Morgan fingerprint density at radius 3 is 3.21 bits per heavy atom. The van der Waals surface area contributed by atoms with Crippen LogP contribution in [0.15, 0.2) is 22.8 Å². The molecular weight excluding hydrogens is 196 g/mol. The van der Waals surface area contributed by atoms with Crippen LogP contribution in [0, 0.1) is 0 Å². The minimum absolute atomic E-state index is 0.207. The maximum atomic E-state index is 11.2. The van der Waals surface area contributed by atoms with Gasteiger partial charge >= 0.3 is 0 Å². The zero-order valence-corrected chi connectivity index (χ0v) is 9.01. The molecule has 1 unspecified atom stereocenters. The number of ketones is 1. The second-order valence-corrected chi connectivity index (χ2v) is 4.75. The molecule has 1 saturated heterocycles. The highest BCUT2D eigenvalue weighted by Gasteiger charge is 2.31. The van der Waals surface area contributed by atoms with Gasteiger partial charge in [0.05, 0.1) is 5.37 Å². The maximum absolute atomic E-state index is 11.2. The van der Waals surface area contributed by atoms with Crippen LogP contribution >= 0.6 is 11.8 Å². The van der Waals surface area contributed by atoms with Gasteiger partial charge in [-0.15, -0.1) is 0 Å². The standard InChI is InChI=1S/C10H14N2OS/c1-12-8-3-2-7(13)6-9(8)14-10(12)4-5-11/h3,6,10H,2,4-5,11H2,1H3. The second kappa shape index (κ2) is 3.79. The Balaban J connectivity index is 2.20. The van der Waals surface area contributed by atoms with Crippen molar-refractivity contribution in [3.63, 3.8) is 0 Å². The molecule has 76 valence electrons. The van der Waals surface area contributed by atoms with Gasteiger partial charge in [-0.25, -0.2) is 0 Å². The molecule has 1 heterocycles. The minimum Gasteiger partial charge on any atom is -0.362 e. The van der Waals surface area contributed by atoms with Gasteiger partial charge in [0.25, 0.3) is 0 Å². The first-order valence-corrected chi connectivity index (χ1v) is 5.65. The number of rotatable bonds is 2. The quantitative estimate of drug-likeness (QED) is 0.741. The third-order valence-corrected chi connectivity index (χ3v) is 3.93. The van der Waals surface area contributed by atoms with Gasteiger partial charge in [-0.2, -0.15) is 0 Å². The molecule has 1 aliphatic carbocycles. The van der Waals surface area contributed by atoms with Crippen LogP contribution in [-0.2, 0) is 4.79 Å². The van der Waals surface area contributed by atoms with E-state index in [1.807, 2.05) is 6.08 Å². The average Bonchev–Trinajstić information content (AvgIpc) is 2.44. The number of likely N-dealkylation sites (N-methyl/N-ethyl adjacent to an activating group) is 1. The summed E-state index contributed by atoms with van der Waals surface area (Å²) in [6, 6.07) is 0. The molecule has 4 heteroatoms. The fourth-order valence-corrected chi connectivity index (χ4v) is 3.13. The monoisotopic (exact) mass is 210 g/mol. The summed E-state index contributed by atoms with van der Waals surface area (Å²) in [5.74, 6) is 0.207. The lowest BCUT2D eigenvalue weighted by Crippen LogP contribution is -2.25.